The van der Waals surface area contributed by atoms with E-state index in [2.05, 4.69) is 24.9 Å². The molecule has 2 aromatic heterocycles. The summed E-state index contributed by atoms with van der Waals surface area (Å²) in [5.74, 6) is 2.08. The van der Waals surface area contributed by atoms with Crippen molar-refractivity contribution < 1.29 is 13.9 Å². The molecule has 1 aromatic carbocycles. The second-order valence-electron chi connectivity index (χ2n) is 10.5. The van der Waals surface area contributed by atoms with Crippen molar-refractivity contribution in [3.63, 3.8) is 0 Å². The van der Waals surface area contributed by atoms with Crippen LogP contribution in [0.25, 0.3) is 11.3 Å². The molecule has 0 spiro atoms. The third-order valence-electron chi connectivity index (χ3n) is 7.37. The first-order valence-corrected chi connectivity index (χ1v) is 13.8. The van der Waals surface area contributed by atoms with E-state index in [0.717, 1.165) is 55.8 Å². The molecular weight excluding hydrogens is 477 g/mol. The molecule has 0 amide bonds. The number of aryl methyl sites for hydroxylation is 1. The molecular formula is C32H38FN3O2. The van der Waals surface area contributed by atoms with Crippen molar-refractivity contribution in [1.29, 1.82) is 5.26 Å². The van der Waals surface area contributed by atoms with Crippen molar-refractivity contribution >= 4 is 0 Å². The Morgan fingerprint density at radius 3 is 2.76 bits per heavy atom. The van der Waals surface area contributed by atoms with Crippen LogP contribution in [0.1, 0.15) is 81.1 Å². The van der Waals surface area contributed by atoms with Crippen LogP contribution in [0.2, 0.25) is 0 Å². The number of ether oxygens (including phenoxy) is 2. The van der Waals surface area contributed by atoms with Crippen LogP contribution < -0.4 is 4.74 Å². The number of aromatic nitrogens is 2. The van der Waals surface area contributed by atoms with Gasteiger partial charge in [0.2, 0.25) is 0 Å². The Balaban J connectivity index is 1.57. The Morgan fingerprint density at radius 1 is 1.13 bits per heavy atom. The molecule has 0 saturated carbocycles. The number of pyridine rings is 2. The van der Waals surface area contributed by atoms with Crippen molar-refractivity contribution in [1.82, 2.24) is 9.97 Å². The normalized spacial score (nSPS) is 17.6. The molecule has 1 aliphatic rings. The van der Waals surface area contributed by atoms with E-state index >= 15 is 0 Å². The summed E-state index contributed by atoms with van der Waals surface area (Å²) in [6.07, 6.45) is 7.41. The Morgan fingerprint density at radius 2 is 2.00 bits per heavy atom. The van der Waals surface area contributed by atoms with Crippen molar-refractivity contribution in [2.45, 2.75) is 71.9 Å². The number of nitriles is 1. The zero-order chi connectivity index (χ0) is 26.9. The van der Waals surface area contributed by atoms with E-state index in [4.69, 9.17) is 14.5 Å². The lowest BCUT2D eigenvalue weighted by atomic mass is 9.93. The molecule has 3 aromatic rings. The number of halogens is 1. The molecule has 6 heteroatoms. The predicted octanol–water partition coefficient (Wildman–Crippen LogP) is 8.31. The minimum atomic E-state index is -1.04. The summed E-state index contributed by atoms with van der Waals surface area (Å²) in [5, 5.41) is 9.51. The molecule has 1 aliphatic heterocycles. The maximum atomic E-state index is 14.7. The Bertz CT molecular complexity index is 1230. The third kappa shape index (κ3) is 7.61. The lowest BCUT2D eigenvalue weighted by molar-refractivity contribution is 0.0999. The number of benzene rings is 1. The quantitative estimate of drug-likeness (QED) is 0.287. The van der Waals surface area contributed by atoms with Gasteiger partial charge >= 0.3 is 0 Å². The summed E-state index contributed by atoms with van der Waals surface area (Å²) < 4.78 is 26.8. The Labute approximate surface area is 226 Å². The molecule has 3 heterocycles. The second-order valence-corrected chi connectivity index (χ2v) is 10.5. The SMILES string of the molecule is CCC(C)C[C@H](F)c1ccc(-c2ccc(C#N)cc2Oc2cc(C)nc(CC3CCCCOCC3)c2)nc1. The monoisotopic (exact) mass is 515 g/mol. The van der Waals surface area contributed by atoms with Crippen LogP contribution in [0.5, 0.6) is 11.5 Å². The highest BCUT2D eigenvalue weighted by molar-refractivity contribution is 5.69. The minimum absolute atomic E-state index is 0.317. The average molecular weight is 516 g/mol. The van der Waals surface area contributed by atoms with Gasteiger partial charge < -0.3 is 9.47 Å². The maximum absolute atomic E-state index is 14.7. The van der Waals surface area contributed by atoms with Crippen LogP contribution in [0.15, 0.2) is 48.7 Å². The molecule has 38 heavy (non-hydrogen) atoms. The molecule has 4 rings (SSSR count). The molecule has 0 N–H and O–H groups in total. The second kappa shape index (κ2) is 13.5. The van der Waals surface area contributed by atoms with Gasteiger partial charge in [0, 0.05) is 54.1 Å². The number of alkyl halides is 1. The van der Waals surface area contributed by atoms with Gasteiger partial charge in [-0.1, -0.05) is 32.8 Å². The van der Waals surface area contributed by atoms with Crippen molar-refractivity contribution in [3.05, 3.63) is 71.2 Å². The molecule has 0 aliphatic carbocycles. The van der Waals surface area contributed by atoms with Crippen LogP contribution in [-0.4, -0.2) is 23.2 Å². The standard InChI is InChI=1S/C32H38FN3O2/c1-4-22(2)15-30(33)26-9-11-31(35-21-26)29-10-8-25(20-34)18-32(29)38-28-16-23(3)36-27(19-28)17-24-7-5-6-13-37-14-12-24/h8-11,16,18-19,21-22,24,30H,4-7,12-15,17H2,1-3H3/t22?,24?,30-/m0/s1. The van der Waals surface area contributed by atoms with Gasteiger partial charge in [-0.15, -0.1) is 0 Å². The van der Waals surface area contributed by atoms with E-state index in [1.165, 1.54) is 12.8 Å². The first-order chi connectivity index (χ1) is 18.4. The highest BCUT2D eigenvalue weighted by Gasteiger charge is 2.17. The van der Waals surface area contributed by atoms with Crippen molar-refractivity contribution in [2.24, 2.45) is 11.8 Å². The van der Waals surface area contributed by atoms with Gasteiger partial charge in [0.25, 0.3) is 0 Å². The van der Waals surface area contributed by atoms with E-state index < -0.39 is 6.17 Å². The number of hydrogen-bond donors (Lipinski definition) is 0. The number of rotatable bonds is 9. The lowest BCUT2D eigenvalue weighted by Gasteiger charge is -2.20. The van der Waals surface area contributed by atoms with E-state index in [0.29, 0.717) is 46.6 Å². The summed E-state index contributed by atoms with van der Waals surface area (Å²) in [6, 6.07) is 15.0. The van der Waals surface area contributed by atoms with Crippen LogP contribution in [0.3, 0.4) is 0 Å². The number of hydrogen-bond acceptors (Lipinski definition) is 5. The Hall–Kier alpha value is -3.30. The van der Waals surface area contributed by atoms with Gasteiger partial charge in [-0.25, -0.2) is 4.39 Å². The fraction of sp³-hybridized carbons (Fsp3) is 0.469. The molecule has 1 saturated heterocycles. The van der Waals surface area contributed by atoms with E-state index in [9.17, 15) is 9.65 Å². The van der Waals surface area contributed by atoms with Crippen LogP contribution in [0, 0.1) is 30.1 Å². The fourth-order valence-electron chi connectivity index (χ4n) is 4.92. The summed E-state index contributed by atoms with van der Waals surface area (Å²) in [4.78, 5) is 9.33. The average Bonchev–Trinajstić information content (AvgIpc) is 2.89. The van der Waals surface area contributed by atoms with E-state index in [-0.39, 0.29) is 0 Å². The van der Waals surface area contributed by atoms with Crippen molar-refractivity contribution in [2.75, 3.05) is 13.2 Å². The minimum Gasteiger partial charge on any atom is -0.456 e. The highest BCUT2D eigenvalue weighted by Crippen LogP contribution is 2.35. The molecule has 2 unspecified atom stereocenters. The summed E-state index contributed by atoms with van der Waals surface area (Å²) in [6.45, 7) is 7.77. The topological polar surface area (TPSA) is 68.0 Å². The largest absolute Gasteiger partial charge is 0.456 e. The first kappa shape index (κ1) is 27.7. The van der Waals surface area contributed by atoms with Gasteiger partial charge in [-0.3, -0.25) is 9.97 Å². The molecule has 1 fully saturated rings. The van der Waals surface area contributed by atoms with E-state index in [1.54, 1.807) is 24.4 Å². The summed E-state index contributed by atoms with van der Waals surface area (Å²) >= 11 is 0. The van der Waals surface area contributed by atoms with Crippen LogP contribution >= 0.6 is 0 Å². The van der Waals surface area contributed by atoms with Gasteiger partial charge in [-0.2, -0.15) is 5.26 Å². The highest BCUT2D eigenvalue weighted by atomic mass is 19.1. The van der Waals surface area contributed by atoms with Crippen LogP contribution in [-0.2, 0) is 11.2 Å². The molecule has 5 nitrogen and oxygen atoms in total. The zero-order valence-electron chi connectivity index (χ0n) is 22.8. The summed E-state index contributed by atoms with van der Waals surface area (Å²) in [7, 11) is 0. The zero-order valence-corrected chi connectivity index (χ0v) is 22.8. The van der Waals surface area contributed by atoms with Crippen LogP contribution in [0.4, 0.5) is 4.39 Å². The van der Waals surface area contributed by atoms with Gasteiger partial charge in [0.05, 0.1) is 17.3 Å². The molecule has 200 valence electrons. The van der Waals surface area contributed by atoms with E-state index in [1.807, 2.05) is 31.2 Å². The molecule has 0 radical (unpaired) electrons. The predicted molar refractivity (Wildman–Crippen MR) is 148 cm³/mol. The Kier molecular flexibility index (Phi) is 9.84. The lowest BCUT2D eigenvalue weighted by Crippen LogP contribution is -2.13. The number of nitrogens with zero attached hydrogens (tertiary/aromatic N) is 3. The molecule has 3 atom stereocenters. The smallest absolute Gasteiger partial charge is 0.138 e. The van der Waals surface area contributed by atoms with Gasteiger partial charge in [-0.05, 0) is 75.1 Å². The molecule has 0 bridgehead atoms. The van der Waals surface area contributed by atoms with Gasteiger partial charge in [0.1, 0.15) is 17.7 Å². The van der Waals surface area contributed by atoms with Crippen molar-refractivity contribution in [3.8, 4) is 28.8 Å². The first-order valence-electron chi connectivity index (χ1n) is 13.8. The summed E-state index contributed by atoms with van der Waals surface area (Å²) in [5.41, 5.74) is 4.39. The van der Waals surface area contributed by atoms with Gasteiger partial charge in [0.15, 0.2) is 0 Å². The maximum Gasteiger partial charge on any atom is 0.138 e. The fourth-order valence-corrected chi connectivity index (χ4v) is 4.92. The third-order valence-corrected chi connectivity index (χ3v) is 7.37.